The molecule has 2 aromatic carbocycles. The van der Waals surface area contributed by atoms with Crippen LogP contribution in [0.3, 0.4) is 0 Å². The summed E-state index contributed by atoms with van der Waals surface area (Å²) < 4.78 is 42.0. The van der Waals surface area contributed by atoms with Gasteiger partial charge in [0, 0.05) is 5.70 Å². The summed E-state index contributed by atoms with van der Waals surface area (Å²) in [5.41, 5.74) is 1.25. The second kappa shape index (κ2) is 9.99. The second-order valence-electron chi connectivity index (χ2n) is 9.06. The summed E-state index contributed by atoms with van der Waals surface area (Å²) in [5, 5.41) is 5.15. The highest BCUT2D eigenvalue weighted by atomic mass is 32.2. The fourth-order valence-corrected chi connectivity index (χ4v) is 5.13. The van der Waals surface area contributed by atoms with Crippen molar-refractivity contribution < 1.29 is 32.2 Å². The van der Waals surface area contributed by atoms with Gasteiger partial charge in [0.05, 0.1) is 43.6 Å². The zero-order valence-electron chi connectivity index (χ0n) is 20.6. The van der Waals surface area contributed by atoms with Crippen LogP contribution in [0.5, 0.6) is 11.5 Å². The number of amides is 2. The molecule has 0 bridgehead atoms. The van der Waals surface area contributed by atoms with Crippen LogP contribution >= 0.6 is 0 Å². The van der Waals surface area contributed by atoms with Gasteiger partial charge >= 0.3 is 12.0 Å². The van der Waals surface area contributed by atoms with E-state index >= 15 is 0 Å². The van der Waals surface area contributed by atoms with Crippen LogP contribution in [0.1, 0.15) is 37.9 Å². The molecule has 3 rings (SSSR count). The lowest BCUT2D eigenvalue weighted by Crippen LogP contribution is -2.47. The molecule has 1 heterocycles. The summed E-state index contributed by atoms with van der Waals surface area (Å²) in [7, 11) is 0.235. The number of carbonyl (C=O) groups excluding carboxylic acids is 2. The quantitative estimate of drug-likeness (QED) is 0.558. The molecule has 188 valence electrons. The molecule has 2 aromatic rings. The van der Waals surface area contributed by atoms with E-state index in [-0.39, 0.29) is 21.6 Å². The predicted molar refractivity (Wildman–Crippen MR) is 130 cm³/mol. The maximum Gasteiger partial charge on any atom is 0.338 e. The number of rotatable bonds is 7. The van der Waals surface area contributed by atoms with Crippen molar-refractivity contribution >= 4 is 21.8 Å². The maximum atomic E-state index is 13.3. The minimum atomic E-state index is -3.90. The largest absolute Gasteiger partial charge is 0.493 e. The van der Waals surface area contributed by atoms with Crippen molar-refractivity contribution in [3.63, 3.8) is 0 Å². The summed E-state index contributed by atoms with van der Waals surface area (Å²) in [6.45, 7) is 6.09. The summed E-state index contributed by atoms with van der Waals surface area (Å²) in [5.74, 6) is -0.522. The molecule has 2 amide bonds. The molecule has 1 aliphatic rings. The van der Waals surface area contributed by atoms with Gasteiger partial charge in [-0.05, 0) is 40.8 Å². The Balaban J connectivity index is 2.07. The van der Waals surface area contributed by atoms with Crippen LogP contribution in [0.2, 0.25) is 0 Å². The number of urea groups is 1. The normalized spacial score (nSPS) is 16.3. The summed E-state index contributed by atoms with van der Waals surface area (Å²) >= 11 is 0. The summed E-state index contributed by atoms with van der Waals surface area (Å²) in [4.78, 5) is 25.4. The first kappa shape index (κ1) is 26.1. The van der Waals surface area contributed by atoms with Crippen molar-refractivity contribution in [2.24, 2.45) is 0 Å². The van der Waals surface area contributed by atoms with Gasteiger partial charge in [0.15, 0.2) is 21.3 Å². The lowest BCUT2D eigenvalue weighted by Gasteiger charge is -2.29. The monoisotopic (exact) mass is 502 g/mol. The van der Waals surface area contributed by atoms with Gasteiger partial charge in [-0.15, -0.1) is 0 Å². The van der Waals surface area contributed by atoms with Gasteiger partial charge in [-0.25, -0.2) is 18.0 Å². The van der Waals surface area contributed by atoms with E-state index in [0.717, 1.165) is 5.56 Å². The molecule has 1 aliphatic heterocycles. The fraction of sp³-hybridized carbons (Fsp3) is 0.360. The van der Waals surface area contributed by atoms with Crippen molar-refractivity contribution in [3.05, 3.63) is 64.9 Å². The third kappa shape index (κ3) is 5.59. The van der Waals surface area contributed by atoms with Crippen LogP contribution in [0.4, 0.5) is 4.79 Å². The van der Waals surface area contributed by atoms with Gasteiger partial charge in [-0.1, -0.05) is 39.0 Å². The smallest absolute Gasteiger partial charge is 0.338 e. The number of sulfone groups is 1. The molecule has 0 radical (unpaired) electrons. The number of esters is 1. The Labute approximate surface area is 205 Å². The first-order valence-electron chi connectivity index (χ1n) is 10.9. The second-order valence-corrected chi connectivity index (χ2v) is 11.1. The van der Waals surface area contributed by atoms with Gasteiger partial charge in [0.1, 0.15) is 0 Å². The van der Waals surface area contributed by atoms with E-state index in [1.165, 1.54) is 33.5 Å². The van der Waals surface area contributed by atoms with Gasteiger partial charge < -0.3 is 24.8 Å². The van der Waals surface area contributed by atoms with E-state index in [9.17, 15) is 18.0 Å². The van der Waals surface area contributed by atoms with Crippen LogP contribution in [-0.4, -0.2) is 47.5 Å². The Morgan fingerprint density at radius 2 is 1.60 bits per heavy atom. The van der Waals surface area contributed by atoms with Gasteiger partial charge in [0.25, 0.3) is 0 Å². The molecular weight excluding hydrogens is 472 g/mol. The molecule has 0 spiro atoms. The maximum absolute atomic E-state index is 13.3. The number of ether oxygens (including phenoxy) is 3. The van der Waals surface area contributed by atoms with E-state index in [0.29, 0.717) is 17.1 Å². The number of hydrogen-bond donors (Lipinski definition) is 2. The number of benzene rings is 2. The number of carbonyl (C=O) groups is 2. The first-order chi connectivity index (χ1) is 16.4. The summed E-state index contributed by atoms with van der Waals surface area (Å²) in [6, 6.07) is 9.85. The topological polar surface area (TPSA) is 120 Å². The van der Waals surface area contributed by atoms with Crippen molar-refractivity contribution in [2.45, 2.75) is 37.1 Å². The fourth-order valence-electron chi connectivity index (χ4n) is 3.80. The average molecular weight is 503 g/mol. The van der Waals surface area contributed by atoms with Crippen molar-refractivity contribution in [3.8, 4) is 11.5 Å². The van der Waals surface area contributed by atoms with E-state index in [1.54, 1.807) is 30.3 Å². The van der Waals surface area contributed by atoms with Crippen LogP contribution < -0.4 is 20.1 Å². The number of hydrogen-bond acceptors (Lipinski definition) is 7. The average Bonchev–Trinajstić information content (AvgIpc) is 2.82. The molecule has 0 aliphatic carbocycles. The van der Waals surface area contributed by atoms with Crippen LogP contribution in [-0.2, 0) is 24.8 Å². The van der Waals surface area contributed by atoms with Gasteiger partial charge in [0.2, 0.25) is 0 Å². The molecule has 0 aromatic heterocycles. The van der Waals surface area contributed by atoms with Crippen LogP contribution in [0.15, 0.2) is 58.6 Å². The van der Waals surface area contributed by atoms with E-state index in [1.807, 2.05) is 20.8 Å². The minimum absolute atomic E-state index is 0.0193. The Bertz CT molecular complexity index is 1260. The molecule has 0 saturated carbocycles. The highest BCUT2D eigenvalue weighted by Gasteiger charge is 2.36. The lowest BCUT2D eigenvalue weighted by molar-refractivity contribution is -0.136. The standard InChI is InChI=1S/C25H30N2O7S/c1-25(2,3)16-8-10-17(11-9-16)35(30,31)14-18-21(23(28)34-6)22(27-24(29)26-18)15-7-12-19(32-4)20(13-15)33-5/h7-13,22H,14H2,1-6H3,(H2,26,27,29). The first-order valence-corrected chi connectivity index (χ1v) is 12.5. The molecule has 0 saturated heterocycles. The van der Waals surface area contributed by atoms with Crippen molar-refractivity contribution in [1.82, 2.24) is 10.6 Å². The third-order valence-electron chi connectivity index (χ3n) is 5.71. The van der Waals surface area contributed by atoms with Gasteiger partial charge in [-0.3, -0.25) is 0 Å². The molecule has 10 heteroatoms. The van der Waals surface area contributed by atoms with E-state index in [2.05, 4.69) is 10.6 Å². The third-order valence-corrected chi connectivity index (χ3v) is 7.37. The van der Waals surface area contributed by atoms with Crippen LogP contribution in [0, 0.1) is 0 Å². The minimum Gasteiger partial charge on any atom is -0.493 e. The molecular formula is C25H30N2O7S. The molecule has 9 nitrogen and oxygen atoms in total. The highest BCUT2D eigenvalue weighted by Crippen LogP contribution is 2.35. The van der Waals surface area contributed by atoms with Crippen LogP contribution in [0.25, 0.3) is 0 Å². The number of methoxy groups -OCH3 is 3. The van der Waals surface area contributed by atoms with Crippen molar-refractivity contribution in [2.75, 3.05) is 27.1 Å². The molecule has 1 atom stereocenters. The lowest BCUT2D eigenvalue weighted by atomic mass is 9.87. The zero-order chi connectivity index (χ0) is 26.0. The SMILES string of the molecule is COC(=O)C1=C(CS(=O)(=O)c2ccc(C(C)(C)C)cc2)NC(=O)NC1c1ccc(OC)c(OC)c1. The molecule has 0 fully saturated rings. The Morgan fingerprint density at radius 1 is 0.971 bits per heavy atom. The Morgan fingerprint density at radius 3 is 2.14 bits per heavy atom. The molecule has 35 heavy (non-hydrogen) atoms. The summed E-state index contributed by atoms with van der Waals surface area (Å²) in [6.07, 6.45) is 0. The molecule has 2 N–H and O–H groups in total. The Hall–Kier alpha value is -3.53. The zero-order valence-corrected chi connectivity index (χ0v) is 21.4. The van der Waals surface area contributed by atoms with Gasteiger partial charge in [-0.2, -0.15) is 0 Å². The van der Waals surface area contributed by atoms with E-state index < -0.39 is 33.6 Å². The Kier molecular flexibility index (Phi) is 7.44. The number of nitrogens with one attached hydrogen (secondary N) is 2. The highest BCUT2D eigenvalue weighted by molar-refractivity contribution is 7.91. The van der Waals surface area contributed by atoms with E-state index in [4.69, 9.17) is 14.2 Å². The van der Waals surface area contributed by atoms with Crippen molar-refractivity contribution in [1.29, 1.82) is 0 Å². The molecule has 1 unspecified atom stereocenters. The predicted octanol–water partition coefficient (Wildman–Crippen LogP) is 3.26.